The van der Waals surface area contributed by atoms with E-state index in [0.29, 0.717) is 6.42 Å². The number of carbonyl (C=O) groups is 2. The molecule has 0 spiro atoms. The van der Waals surface area contributed by atoms with Crippen molar-refractivity contribution in [2.75, 3.05) is 6.61 Å². The van der Waals surface area contributed by atoms with Gasteiger partial charge < -0.3 is 20.5 Å². The summed E-state index contributed by atoms with van der Waals surface area (Å²) in [6, 6.07) is -0.651. The van der Waals surface area contributed by atoms with Gasteiger partial charge in [-0.3, -0.25) is 4.79 Å². The van der Waals surface area contributed by atoms with Crippen molar-refractivity contribution in [3.8, 4) is 0 Å². The Bertz CT molecular complexity index is 324. The van der Waals surface area contributed by atoms with Crippen LogP contribution in [0.3, 0.4) is 0 Å². The molecule has 1 saturated heterocycles. The SMILES string of the molecule is CC1(CO)CC(NC(=O)OC(C)(C)C)C(=O)N1. The number of carbonyl (C=O) groups excluding carboxylic acids is 2. The third-order valence-electron chi connectivity index (χ3n) is 2.44. The van der Waals surface area contributed by atoms with Gasteiger partial charge in [-0.2, -0.15) is 0 Å². The van der Waals surface area contributed by atoms with Crippen LogP contribution in [-0.2, 0) is 9.53 Å². The van der Waals surface area contributed by atoms with Crippen LogP contribution in [0.25, 0.3) is 0 Å². The standard InChI is InChI=1S/C11H20N2O4/c1-10(2,3)17-9(16)12-7-5-11(4,6-14)13-8(7)15/h7,14H,5-6H2,1-4H3,(H,12,16)(H,13,15). The van der Waals surface area contributed by atoms with Gasteiger partial charge in [0, 0.05) is 6.42 Å². The molecule has 0 radical (unpaired) electrons. The molecular weight excluding hydrogens is 224 g/mol. The summed E-state index contributed by atoms with van der Waals surface area (Å²) in [4.78, 5) is 23.0. The molecule has 0 aromatic heterocycles. The third-order valence-corrected chi connectivity index (χ3v) is 2.44. The molecule has 0 aromatic rings. The van der Waals surface area contributed by atoms with Gasteiger partial charge in [-0.25, -0.2) is 4.79 Å². The van der Waals surface area contributed by atoms with E-state index in [2.05, 4.69) is 10.6 Å². The Hall–Kier alpha value is -1.30. The van der Waals surface area contributed by atoms with Crippen LogP contribution in [0.15, 0.2) is 0 Å². The van der Waals surface area contributed by atoms with Gasteiger partial charge in [0.1, 0.15) is 11.6 Å². The van der Waals surface area contributed by atoms with Crippen LogP contribution in [-0.4, -0.2) is 40.9 Å². The summed E-state index contributed by atoms with van der Waals surface area (Å²) in [5.41, 5.74) is -1.27. The second kappa shape index (κ2) is 4.52. The van der Waals surface area contributed by atoms with Crippen molar-refractivity contribution >= 4 is 12.0 Å². The lowest BCUT2D eigenvalue weighted by Gasteiger charge is -2.22. The first-order valence-corrected chi connectivity index (χ1v) is 5.58. The average molecular weight is 244 g/mol. The van der Waals surface area contributed by atoms with Crippen LogP contribution in [0.4, 0.5) is 4.79 Å². The largest absolute Gasteiger partial charge is 0.444 e. The van der Waals surface area contributed by atoms with Gasteiger partial charge in [0.2, 0.25) is 5.91 Å². The van der Waals surface area contributed by atoms with Gasteiger partial charge in [-0.15, -0.1) is 0 Å². The van der Waals surface area contributed by atoms with Crippen LogP contribution in [0.5, 0.6) is 0 Å². The molecule has 1 aliphatic heterocycles. The Morgan fingerprint density at radius 1 is 1.65 bits per heavy atom. The number of hydrogen-bond acceptors (Lipinski definition) is 4. The lowest BCUT2D eigenvalue weighted by molar-refractivity contribution is -0.121. The maximum absolute atomic E-state index is 11.6. The van der Waals surface area contributed by atoms with Crippen LogP contribution in [0.1, 0.15) is 34.1 Å². The molecule has 2 atom stereocenters. The summed E-state index contributed by atoms with van der Waals surface area (Å²) in [6.07, 6.45) is -0.276. The molecule has 1 aliphatic rings. The van der Waals surface area contributed by atoms with Gasteiger partial charge in [0.05, 0.1) is 12.1 Å². The van der Waals surface area contributed by atoms with Crippen molar-refractivity contribution in [1.29, 1.82) is 0 Å². The number of rotatable bonds is 2. The van der Waals surface area contributed by atoms with Crippen molar-refractivity contribution in [1.82, 2.24) is 10.6 Å². The number of amides is 2. The molecule has 0 aromatic carbocycles. The van der Waals surface area contributed by atoms with Crippen molar-refractivity contribution < 1.29 is 19.4 Å². The van der Waals surface area contributed by atoms with E-state index in [9.17, 15) is 9.59 Å². The van der Waals surface area contributed by atoms with Crippen molar-refractivity contribution in [3.05, 3.63) is 0 Å². The van der Waals surface area contributed by atoms with Crippen LogP contribution >= 0.6 is 0 Å². The third kappa shape index (κ3) is 3.89. The Balaban J connectivity index is 2.54. The van der Waals surface area contributed by atoms with Gasteiger partial charge in [0.15, 0.2) is 0 Å². The first-order chi connectivity index (χ1) is 7.65. The summed E-state index contributed by atoms with van der Waals surface area (Å²) in [5, 5.41) is 14.3. The molecule has 0 aliphatic carbocycles. The fourth-order valence-corrected chi connectivity index (χ4v) is 1.65. The van der Waals surface area contributed by atoms with Gasteiger partial charge in [-0.1, -0.05) is 0 Å². The molecule has 6 nitrogen and oxygen atoms in total. The minimum absolute atomic E-state index is 0.161. The predicted octanol–water partition coefficient (Wildman–Crippen LogP) is 0.151. The van der Waals surface area contributed by atoms with E-state index in [-0.39, 0.29) is 12.5 Å². The Kier molecular flexibility index (Phi) is 3.66. The van der Waals surface area contributed by atoms with Crippen molar-refractivity contribution in [3.63, 3.8) is 0 Å². The number of hydrogen-bond donors (Lipinski definition) is 3. The van der Waals surface area contributed by atoms with E-state index in [0.717, 1.165) is 0 Å². The second-order valence-corrected chi connectivity index (χ2v) is 5.61. The normalized spacial score (nSPS) is 28.8. The molecule has 98 valence electrons. The Morgan fingerprint density at radius 3 is 2.65 bits per heavy atom. The fraction of sp³-hybridized carbons (Fsp3) is 0.818. The highest BCUT2D eigenvalue weighted by molar-refractivity contribution is 5.88. The van der Waals surface area contributed by atoms with Crippen LogP contribution in [0.2, 0.25) is 0 Å². The van der Waals surface area contributed by atoms with E-state index in [1.54, 1.807) is 27.7 Å². The summed E-state index contributed by atoms with van der Waals surface area (Å²) in [6.45, 7) is 6.81. The molecule has 0 bridgehead atoms. The fourth-order valence-electron chi connectivity index (χ4n) is 1.65. The molecule has 0 saturated carbocycles. The molecule has 2 amide bonds. The smallest absolute Gasteiger partial charge is 0.408 e. The van der Waals surface area contributed by atoms with Gasteiger partial charge in [-0.05, 0) is 27.7 Å². The highest BCUT2D eigenvalue weighted by atomic mass is 16.6. The van der Waals surface area contributed by atoms with Gasteiger partial charge >= 0.3 is 6.09 Å². The molecule has 17 heavy (non-hydrogen) atoms. The van der Waals surface area contributed by atoms with E-state index in [1.165, 1.54) is 0 Å². The molecule has 6 heteroatoms. The zero-order valence-corrected chi connectivity index (χ0v) is 10.7. The Morgan fingerprint density at radius 2 is 2.24 bits per heavy atom. The lowest BCUT2D eigenvalue weighted by Crippen LogP contribution is -2.43. The van der Waals surface area contributed by atoms with E-state index in [4.69, 9.17) is 9.84 Å². The molecule has 1 fully saturated rings. The molecule has 2 unspecified atom stereocenters. The highest BCUT2D eigenvalue weighted by Crippen LogP contribution is 2.19. The zero-order chi connectivity index (χ0) is 13.3. The summed E-state index contributed by atoms with van der Waals surface area (Å²) < 4.78 is 5.06. The van der Waals surface area contributed by atoms with Crippen LogP contribution in [0, 0.1) is 0 Å². The van der Waals surface area contributed by atoms with E-state index >= 15 is 0 Å². The van der Waals surface area contributed by atoms with Crippen molar-refractivity contribution in [2.24, 2.45) is 0 Å². The monoisotopic (exact) mass is 244 g/mol. The Labute approximate surface area is 101 Å². The highest BCUT2D eigenvalue weighted by Gasteiger charge is 2.41. The molecular formula is C11H20N2O4. The zero-order valence-electron chi connectivity index (χ0n) is 10.7. The number of aliphatic hydroxyl groups excluding tert-OH is 1. The number of alkyl carbamates (subject to hydrolysis) is 1. The number of aliphatic hydroxyl groups is 1. The number of nitrogens with one attached hydrogen (secondary N) is 2. The summed E-state index contributed by atoms with van der Waals surface area (Å²) in [7, 11) is 0. The van der Waals surface area contributed by atoms with E-state index < -0.39 is 23.3 Å². The topological polar surface area (TPSA) is 87.7 Å². The molecule has 1 rings (SSSR count). The summed E-state index contributed by atoms with van der Waals surface area (Å²) in [5.74, 6) is -0.299. The maximum atomic E-state index is 11.6. The minimum atomic E-state index is -0.670. The first-order valence-electron chi connectivity index (χ1n) is 5.58. The average Bonchev–Trinajstić information content (AvgIpc) is 2.39. The number of ether oxygens (including phenoxy) is 1. The van der Waals surface area contributed by atoms with Crippen molar-refractivity contribution in [2.45, 2.75) is 51.3 Å². The molecule has 1 heterocycles. The van der Waals surface area contributed by atoms with E-state index in [1.807, 2.05) is 0 Å². The quantitative estimate of drug-likeness (QED) is 0.645. The second-order valence-electron chi connectivity index (χ2n) is 5.61. The minimum Gasteiger partial charge on any atom is -0.444 e. The predicted molar refractivity (Wildman–Crippen MR) is 61.4 cm³/mol. The van der Waals surface area contributed by atoms with Crippen LogP contribution < -0.4 is 10.6 Å². The van der Waals surface area contributed by atoms with Gasteiger partial charge in [0.25, 0.3) is 0 Å². The first kappa shape index (κ1) is 13.8. The maximum Gasteiger partial charge on any atom is 0.408 e. The lowest BCUT2D eigenvalue weighted by atomic mass is 10.00. The molecule has 3 N–H and O–H groups in total. The summed E-state index contributed by atoms with van der Waals surface area (Å²) >= 11 is 0.